The number of benzene rings is 1. The zero-order valence-corrected chi connectivity index (χ0v) is 11.8. The van der Waals surface area contributed by atoms with Crippen LogP contribution in [0.1, 0.15) is 51.2 Å². The molecule has 0 fully saturated rings. The second-order valence-corrected chi connectivity index (χ2v) is 5.03. The van der Waals surface area contributed by atoms with E-state index in [2.05, 4.69) is 48.7 Å². The number of rotatable bonds is 5. The van der Waals surface area contributed by atoms with Gasteiger partial charge in [-0.15, -0.1) is 0 Å². The number of nitrogens with one attached hydrogen (secondary N) is 2. The van der Waals surface area contributed by atoms with Crippen molar-refractivity contribution in [2.45, 2.75) is 52.6 Å². The van der Waals surface area contributed by atoms with Crippen LogP contribution in [0.15, 0.2) is 24.3 Å². The summed E-state index contributed by atoms with van der Waals surface area (Å²) >= 11 is 0. The van der Waals surface area contributed by atoms with E-state index < -0.39 is 0 Å². The first kappa shape index (κ1) is 14.6. The van der Waals surface area contributed by atoms with Crippen LogP contribution in [0.5, 0.6) is 0 Å². The summed E-state index contributed by atoms with van der Waals surface area (Å²) in [5, 5.41) is 5.64. The van der Waals surface area contributed by atoms with Gasteiger partial charge in [-0.1, -0.05) is 38.1 Å². The Morgan fingerprint density at radius 2 is 1.78 bits per heavy atom. The molecule has 2 N–H and O–H groups in total. The molecule has 2 amide bonds. The molecule has 1 unspecified atom stereocenters. The summed E-state index contributed by atoms with van der Waals surface area (Å²) in [5.41, 5.74) is 2.48. The average Bonchev–Trinajstić information content (AvgIpc) is 2.35. The smallest absolute Gasteiger partial charge is 0.315 e. The van der Waals surface area contributed by atoms with Gasteiger partial charge in [0, 0.05) is 12.6 Å². The first-order valence-corrected chi connectivity index (χ1v) is 6.66. The zero-order valence-electron chi connectivity index (χ0n) is 11.8. The lowest BCUT2D eigenvalue weighted by Gasteiger charge is -2.12. The minimum Gasteiger partial charge on any atom is -0.336 e. The molecule has 18 heavy (non-hydrogen) atoms. The number of hydrogen-bond donors (Lipinski definition) is 2. The van der Waals surface area contributed by atoms with Gasteiger partial charge >= 0.3 is 6.03 Å². The third-order valence-corrected chi connectivity index (χ3v) is 3.03. The summed E-state index contributed by atoms with van der Waals surface area (Å²) in [6.45, 7) is 8.88. The molecule has 0 heterocycles. The summed E-state index contributed by atoms with van der Waals surface area (Å²) in [4.78, 5) is 11.4. The molecule has 0 saturated heterocycles. The minimum atomic E-state index is -0.115. The molecule has 1 atom stereocenters. The first-order valence-electron chi connectivity index (χ1n) is 6.66. The topological polar surface area (TPSA) is 41.1 Å². The molecule has 0 aliphatic heterocycles. The van der Waals surface area contributed by atoms with Gasteiger partial charge < -0.3 is 10.6 Å². The minimum absolute atomic E-state index is 0.115. The van der Waals surface area contributed by atoms with Crippen LogP contribution in [0.2, 0.25) is 0 Å². The first-order chi connectivity index (χ1) is 8.52. The third-order valence-electron chi connectivity index (χ3n) is 3.03. The Labute approximate surface area is 110 Å². The van der Waals surface area contributed by atoms with Crippen molar-refractivity contribution in [2.75, 3.05) is 0 Å². The standard InChI is InChI=1S/C15H24N2O/c1-5-12(4)14-8-6-13(7-9-14)10-16-15(18)17-11(2)3/h6-9,11-12H,5,10H2,1-4H3,(H2,16,17,18). The molecule has 0 radical (unpaired) electrons. The van der Waals surface area contributed by atoms with Crippen LogP contribution in [0.4, 0.5) is 4.79 Å². The van der Waals surface area contributed by atoms with Crippen molar-refractivity contribution in [2.24, 2.45) is 0 Å². The van der Waals surface area contributed by atoms with Crippen molar-refractivity contribution < 1.29 is 4.79 Å². The van der Waals surface area contributed by atoms with Crippen LogP contribution in [-0.4, -0.2) is 12.1 Å². The van der Waals surface area contributed by atoms with Crippen molar-refractivity contribution in [3.63, 3.8) is 0 Å². The van der Waals surface area contributed by atoms with E-state index >= 15 is 0 Å². The highest BCUT2D eigenvalue weighted by molar-refractivity contribution is 5.74. The van der Waals surface area contributed by atoms with Crippen molar-refractivity contribution in [3.05, 3.63) is 35.4 Å². The third kappa shape index (κ3) is 4.78. The summed E-state index contributed by atoms with van der Waals surface area (Å²) in [7, 11) is 0. The molecule has 1 aromatic rings. The molecule has 0 aliphatic carbocycles. The largest absolute Gasteiger partial charge is 0.336 e. The van der Waals surface area contributed by atoms with E-state index in [4.69, 9.17) is 0 Å². The molecule has 1 aromatic carbocycles. The van der Waals surface area contributed by atoms with Crippen LogP contribution in [0.3, 0.4) is 0 Å². The molecular weight excluding hydrogens is 224 g/mol. The fourth-order valence-corrected chi connectivity index (χ4v) is 1.70. The predicted octanol–water partition coefficient (Wildman–Crippen LogP) is 3.41. The Bertz CT molecular complexity index is 371. The SMILES string of the molecule is CCC(C)c1ccc(CNC(=O)NC(C)C)cc1. The molecule has 3 nitrogen and oxygen atoms in total. The number of amides is 2. The van der Waals surface area contributed by atoms with E-state index in [-0.39, 0.29) is 12.1 Å². The van der Waals surface area contributed by atoms with Crippen molar-refractivity contribution in [3.8, 4) is 0 Å². The zero-order chi connectivity index (χ0) is 13.5. The second-order valence-electron chi connectivity index (χ2n) is 5.03. The van der Waals surface area contributed by atoms with Gasteiger partial charge in [-0.3, -0.25) is 0 Å². The van der Waals surface area contributed by atoms with Crippen LogP contribution in [-0.2, 0) is 6.54 Å². The molecule has 100 valence electrons. The van der Waals surface area contributed by atoms with E-state index in [1.54, 1.807) is 0 Å². The fourth-order valence-electron chi connectivity index (χ4n) is 1.70. The molecule has 0 spiro atoms. The van der Waals surface area contributed by atoms with Crippen LogP contribution in [0.25, 0.3) is 0 Å². The van der Waals surface area contributed by atoms with Gasteiger partial charge in [-0.05, 0) is 37.3 Å². The molecule has 0 saturated carbocycles. The molecule has 0 aromatic heterocycles. The summed E-state index contributed by atoms with van der Waals surface area (Å²) in [5.74, 6) is 0.594. The van der Waals surface area contributed by atoms with E-state index in [1.807, 2.05) is 13.8 Å². The maximum Gasteiger partial charge on any atom is 0.315 e. The van der Waals surface area contributed by atoms with Crippen LogP contribution < -0.4 is 10.6 Å². The van der Waals surface area contributed by atoms with Crippen molar-refractivity contribution >= 4 is 6.03 Å². The Balaban J connectivity index is 2.46. The maximum absolute atomic E-state index is 11.4. The second kappa shape index (κ2) is 7.04. The molecule has 0 bridgehead atoms. The monoisotopic (exact) mass is 248 g/mol. The predicted molar refractivity (Wildman–Crippen MR) is 75.7 cm³/mol. The van der Waals surface area contributed by atoms with Gasteiger partial charge in [-0.25, -0.2) is 4.79 Å². The van der Waals surface area contributed by atoms with Crippen molar-refractivity contribution in [1.29, 1.82) is 0 Å². The Morgan fingerprint density at radius 1 is 1.17 bits per heavy atom. The Morgan fingerprint density at radius 3 is 2.28 bits per heavy atom. The molecular formula is C15H24N2O. The van der Waals surface area contributed by atoms with Crippen LogP contribution in [0, 0.1) is 0 Å². The van der Waals surface area contributed by atoms with Crippen LogP contribution >= 0.6 is 0 Å². The Kier molecular flexibility index (Phi) is 5.69. The highest BCUT2D eigenvalue weighted by atomic mass is 16.2. The highest BCUT2D eigenvalue weighted by Crippen LogP contribution is 2.18. The lowest BCUT2D eigenvalue weighted by molar-refractivity contribution is 0.238. The number of carbonyl (C=O) groups excluding carboxylic acids is 1. The molecule has 0 aliphatic rings. The number of carbonyl (C=O) groups is 1. The number of urea groups is 1. The average molecular weight is 248 g/mol. The highest BCUT2D eigenvalue weighted by Gasteiger charge is 2.04. The summed E-state index contributed by atoms with van der Waals surface area (Å²) in [6.07, 6.45) is 1.15. The maximum atomic E-state index is 11.4. The van der Waals surface area contributed by atoms with Gasteiger partial charge in [0.2, 0.25) is 0 Å². The van der Waals surface area contributed by atoms with Crippen molar-refractivity contribution in [1.82, 2.24) is 10.6 Å². The lowest BCUT2D eigenvalue weighted by Crippen LogP contribution is -2.39. The van der Waals surface area contributed by atoms with E-state index in [0.29, 0.717) is 12.5 Å². The molecule has 1 rings (SSSR count). The van der Waals surface area contributed by atoms with E-state index in [1.165, 1.54) is 5.56 Å². The summed E-state index contributed by atoms with van der Waals surface area (Å²) < 4.78 is 0. The van der Waals surface area contributed by atoms with Gasteiger partial charge in [0.05, 0.1) is 0 Å². The Hall–Kier alpha value is -1.51. The normalized spacial score (nSPS) is 12.3. The van der Waals surface area contributed by atoms with Gasteiger partial charge in [0.25, 0.3) is 0 Å². The lowest BCUT2D eigenvalue weighted by atomic mass is 9.98. The summed E-state index contributed by atoms with van der Waals surface area (Å²) in [6, 6.07) is 8.50. The number of hydrogen-bond acceptors (Lipinski definition) is 1. The fraction of sp³-hybridized carbons (Fsp3) is 0.533. The van der Waals surface area contributed by atoms with Gasteiger partial charge in [-0.2, -0.15) is 0 Å². The van der Waals surface area contributed by atoms with E-state index in [0.717, 1.165) is 12.0 Å². The van der Waals surface area contributed by atoms with Gasteiger partial charge in [0.1, 0.15) is 0 Å². The molecule has 3 heteroatoms. The van der Waals surface area contributed by atoms with Gasteiger partial charge in [0.15, 0.2) is 0 Å². The van der Waals surface area contributed by atoms with E-state index in [9.17, 15) is 4.79 Å². The quantitative estimate of drug-likeness (QED) is 0.823.